The van der Waals surface area contributed by atoms with Crippen molar-refractivity contribution in [1.29, 1.82) is 0 Å². The van der Waals surface area contributed by atoms with Crippen molar-refractivity contribution < 1.29 is 14.3 Å². The molecule has 1 atom stereocenters. The van der Waals surface area contributed by atoms with E-state index in [1.807, 2.05) is 30.1 Å². The summed E-state index contributed by atoms with van der Waals surface area (Å²) in [6.45, 7) is 0.698. The molecule has 2 rings (SSSR count). The topological polar surface area (TPSA) is 58.6 Å². The summed E-state index contributed by atoms with van der Waals surface area (Å²) in [5.74, 6) is -0.179. The lowest BCUT2D eigenvalue weighted by Gasteiger charge is -2.25. The van der Waals surface area contributed by atoms with Gasteiger partial charge in [0, 0.05) is 12.1 Å². The molecule has 21 heavy (non-hydrogen) atoms. The Morgan fingerprint density at radius 3 is 2.95 bits per heavy atom. The minimum absolute atomic E-state index is 0.0283. The molecule has 5 heteroatoms. The second kappa shape index (κ2) is 7.22. The minimum Gasteiger partial charge on any atom is -0.469 e. The largest absolute Gasteiger partial charge is 0.469 e. The lowest BCUT2D eigenvalue weighted by atomic mass is 10.1. The zero-order valence-electron chi connectivity index (χ0n) is 12.6. The summed E-state index contributed by atoms with van der Waals surface area (Å²) >= 11 is 0. The van der Waals surface area contributed by atoms with Gasteiger partial charge in [0.1, 0.15) is 0 Å². The zero-order chi connectivity index (χ0) is 15.2. The standard InChI is InChI=1S/C16H22N2O3/c1-18(11-5-8-15(19)21-2)14-10-9-12-6-3-4-7-13(12)17-16(14)20/h3-4,6-7,14H,5,8-11H2,1-2H3,(H,17,20). The molecule has 1 aliphatic rings. The molecule has 0 aromatic heterocycles. The van der Waals surface area contributed by atoms with Crippen LogP contribution in [-0.2, 0) is 20.7 Å². The molecule has 1 amide bonds. The third kappa shape index (κ3) is 4.04. The van der Waals surface area contributed by atoms with Crippen LogP contribution in [-0.4, -0.2) is 43.5 Å². The fourth-order valence-corrected chi connectivity index (χ4v) is 2.65. The molecule has 0 radical (unpaired) electrons. The van der Waals surface area contributed by atoms with E-state index in [1.54, 1.807) is 0 Å². The number of fused-ring (bicyclic) bond motifs is 1. The number of para-hydroxylation sites is 1. The van der Waals surface area contributed by atoms with Crippen molar-refractivity contribution in [2.24, 2.45) is 0 Å². The molecule has 5 nitrogen and oxygen atoms in total. The van der Waals surface area contributed by atoms with E-state index in [2.05, 4.69) is 16.1 Å². The molecular formula is C16H22N2O3. The third-order valence-corrected chi connectivity index (χ3v) is 3.92. The molecule has 1 unspecified atom stereocenters. The Bertz CT molecular complexity index is 516. The lowest BCUT2D eigenvalue weighted by Crippen LogP contribution is -2.41. The fraction of sp³-hybridized carbons (Fsp3) is 0.500. The first-order chi connectivity index (χ1) is 10.1. The number of carbonyl (C=O) groups excluding carboxylic acids is 2. The number of aryl methyl sites for hydroxylation is 1. The Balaban J connectivity index is 1.92. The highest BCUT2D eigenvalue weighted by molar-refractivity contribution is 5.96. The highest BCUT2D eigenvalue weighted by atomic mass is 16.5. The van der Waals surface area contributed by atoms with Crippen LogP contribution in [0.5, 0.6) is 0 Å². The first kappa shape index (κ1) is 15.5. The van der Waals surface area contributed by atoms with Gasteiger partial charge in [-0.05, 0) is 44.5 Å². The van der Waals surface area contributed by atoms with E-state index in [4.69, 9.17) is 0 Å². The molecular weight excluding hydrogens is 268 g/mol. The van der Waals surface area contributed by atoms with Crippen molar-refractivity contribution >= 4 is 17.6 Å². The number of hydrogen-bond acceptors (Lipinski definition) is 4. The summed E-state index contributed by atoms with van der Waals surface area (Å²) in [7, 11) is 3.32. The number of nitrogens with zero attached hydrogens (tertiary/aromatic N) is 1. The van der Waals surface area contributed by atoms with E-state index in [-0.39, 0.29) is 17.9 Å². The Morgan fingerprint density at radius 1 is 1.43 bits per heavy atom. The number of methoxy groups -OCH3 is 1. The number of rotatable bonds is 5. The van der Waals surface area contributed by atoms with E-state index in [9.17, 15) is 9.59 Å². The molecule has 1 aromatic carbocycles. The second-order valence-electron chi connectivity index (χ2n) is 5.36. The number of anilines is 1. The van der Waals surface area contributed by atoms with E-state index in [0.29, 0.717) is 19.4 Å². The SMILES string of the molecule is COC(=O)CCCN(C)C1CCc2ccccc2NC1=O. The number of benzene rings is 1. The molecule has 0 fully saturated rings. The molecule has 1 heterocycles. The van der Waals surface area contributed by atoms with Crippen LogP contribution in [0, 0.1) is 0 Å². The Morgan fingerprint density at radius 2 is 2.19 bits per heavy atom. The first-order valence-electron chi connectivity index (χ1n) is 7.27. The molecule has 1 aromatic rings. The van der Waals surface area contributed by atoms with Crippen molar-refractivity contribution in [3.8, 4) is 0 Å². The van der Waals surface area contributed by atoms with E-state index < -0.39 is 0 Å². The van der Waals surface area contributed by atoms with Crippen molar-refractivity contribution in [3.63, 3.8) is 0 Å². The van der Waals surface area contributed by atoms with Gasteiger partial charge in [-0.1, -0.05) is 18.2 Å². The Hall–Kier alpha value is -1.88. The zero-order valence-corrected chi connectivity index (χ0v) is 12.6. The van der Waals surface area contributed by atoms with Crippen molar-refractivity contribution in [1.82, 2.24) is 4.90 Å². The van der Waals surface area contributed by atoms with Crippen molar-refractivity contribution in [2.45, 2.75) is 31.7 Å². The van der Waals surface area contributed by atoms with Crippen LogP contribution in [0.1, 0.15) is 24.8 Å². The predicted octanol–water partition coefficient (Wildman–Crippen LogP) is 1.82. The maximum absolute atomic E-state index is 12.3. The molecule has 114 valence electrons. The van der Waals surface area contributed by atoms with Gasteiger partial charge in [-0.3, -0.25) is 14.5 Å². The summed E-state index contributed by atoms with van der Waals surface area (Å²) in [6, 6.07) is 7.75. The van der Waals surface area contributed by atoms with Gasteiger partial charge in [-0.15, -0.1) is 0 Å². The average Bonchev–Trinajstić information content (AvgIpc) is 2.65. The summed E-state index contributed by atoms with van der Waals surface area (Å²) < 4.78 is 4.62. The smallest absolute Gasteiger partial charge is 0.305 e. The summed E-state index contributed by atoms with van der Waals surface area (Å²) in [5, 5.41) is 2.99. The number of carbonyl (C=O) groups is 2. The average molecular weight is 290 g/mol. The number of hydrogen-bond donors (Lipinski definition) is 1. The molecule has 1 N–H and O–H groups in total. The summed E-state index contributed by atoms with van der Waals surface area (Å²) in [4.78, 5) is 25.5. The van der Waals surface area contributed by atoms with Gasteiger partial charge in [0.2, 0.25) is 5.91 Å². The number of amides is 1. The lowest BCUT2D eigenvalue weighted by molar-refractivity contribution is -0.140. The van der Waals surface area contributed by atoms with Gasteiger partial charge >= 0.3 is 5.97 Å². The highest BCUT2D eigenvalue weighted by Gasteiger charge is 2.26. The quantitative estimate of drug-likeness (QED) is 0.841. The van der Waals surface area contributed by atoms with Crippen LogP contribution in [0.15, 0.2) is 24.3 Å². The number of esters is 1. The van der Waals surface area contributed by atoms with Crippen molar-refractivity contribution in [2.75, 3.05) is 26.0 Å². The van der Waals surface area contributed by atoms with Gasteiger partial charge in [-0.2, -0.15) is 0 Å². The third-order valence-electron chi connectivity index (χ3n) is 3.92. The van der Waals surface area contributed by atoms with Crippen LogP contribution < -0.4 is 5.32 Å². The molecule has 0 saturated carbocycles. The van der Waals surface area contributed by atoms with Crippen molar-refractivity contribution in [3.05, 3.63) is 29.8 Å². The molecule has 1 aliphatic heterocycles. The summed E-state index contributed by atoms with van der Waals surface area (Å²) in [6.07, 6.45) is 2.74. The number of likely N-dealkylation sites (N-methyl/N-ethyl adjacent to an activating group) is 1. The highest BCUT2D eigenvalue weighted by Crippen LogP contribution is 2.23. The van der Waals surface area contributed by atoms with Gasteiger partial charge in [-0.25, -0.2) is 0 Å². The molecule has 0 aliphatic carbocycles. The second-order valence-corrected chi connectivity index (χ2v) is 5.36. The van der Waals surface area contributed by atoms with Gasteiger partial charge in [0.05, 0.1) is 13.2 Å². The molecule has 0 spiro atoms. The Kier molecular flexibility index (Phi) is 5.33. The molecule has 0 bridgehead atoms. The van der Waals surface area contributed by atoms with Crippen LogP contribution in [0.25, 0.3) is 0 Å². The van der Waals surface area contributed by atoms with Gasteiger partial charge in [0.15, 0.2) is 0 Å². The van der Waals surface area contributed by atoms with Gasteiger partial charge < -0.3 is 10.1 Å². The number of ether oxygens (including phenoxy) is 1. The van der Waals surface area contributed by atoms with Crippen LogP contribution in [0.3, 0.4) is 0 Å². The Labute approximate surface area is 125 Å². The normalized spacial score (nSPS) is 17.9. The minimum atomic E-state index is -0.207. The first-order valence-corrected chi connectivity index (χ1v) is 7.27. The van der Waals surface area contributed by atoms with E-state index in [1.165, 1.54) is 12.7 Å². The molecule has 0 saturated heterocycles. The van der Waals surface area contributed by atoms with Crippen LogP contribution in [0.4, 0.5) is 5.69 Å². The fourth-order valence-electron chi connectivity index (χ4n) is 2.65. The maximum Gasteiger partial charge on any atom is 0.305 e. The van der Waals surface area contributed by atoms with E-state index >= 15 is 0 Å². The number of nitrogens with one attached hydrogen (secondary N) is 1. The summed E-state index contributed by atoms with van der Waals surface area (Å²) in [5.41, 5.74) is 2.09. The van der Waals surface area contributed by atoms with Crippen LogP contribution in [0.2, 0.25) is 0 Å². The van der Waals surface area contributed by atoms with E-state index in [0.717, 1.165) is 18.5 Å². The maximum atomic E-state index is 12.3. The van der Waals surface area contributed by atoms with Gasteiger partial charge in [0.25, 0.3) is 0 Å². The monoisotopic (exact) mass is 290 g/mol. The van der Waals surface area contributed by atoms with Crippen LogP contribution >= 0.6 is 0 Å². The predicted molar refractivity (Wildman–Crippen MR) is 81.1 cm³/mol.